The van der Waals surface area contributed by atoms with Crippen LogP contribution in [0.2, 0.25) is 10.0 Å². The van der Waals surface area contributed by atoms with E-state index in [1.807, 2.05) is 37.3 Å². The SMILES string of the molecule is CC(=NOCC=C(Br)Br)c1ccc(OCCCOc2c(Cl)cc(OCC=C(Cl)Cl)cc2Cl)cc1. The number of nitrogens with zero attached hydrogens (tertiary/aromatic N) is 1. The quantitative estimate of drug-likeness (QED) is 0.121. The minimum Gasteiger partial charge on any atom is -0.493 e. The zero-order valence-corrected chi connectivity index (χ0v) is 24.2. The van der Waals surface area contributed by atoms with Crippen LogP contribution in [0, 0.1) is 0 Å². The summed E-state index contributed by atoms with van der Waals surface area (Å²) >= 11 is 30.2. The highest BCUT2D eigenvalue weighted by molar-refractivity contribution is 9.28. The largest absolute Gasteiger partial charge is 0.493 e. The Morgan fingerprint density at radius 1 is 0.882 bits per heavy atom. The minimum absolute atomic E-state index is 0.122. The van der Waals surface area contributed by atoms with Crippen LogP contribution in [0.5, 0.6) is 17.2 Å². The van der Waals surface area contributed by atoms with Crippen LogP contribution in [0.3, 0.4) is 0 Å². The van der Waals surface area contributed by atoms with E-state index in [-0.39, 0.29) is 11.1 Å². The van der Waals surface area contributed by atoms with E-state index in [1.54, 1.807) is 12.1 Å². The summed E-state index contributed by atoms with van der Waals surface area (Å²) in [5.41, 5.74) is 1.71. The molecule has 0 saturated carbocycles. The van der Waals surface area contributed by atoms with E-state index < -0.39 is 0 Å². The third kappa shape index (κ3) is 11.1. The summed E-state index contributed by atoms with van der Waals surface area (Å²) in [7, 11) is 0. The van der Waals surface area contributed by atoms with Crippen LogP contribution in [-0.2, 0) is 4.84 Å². The number of benzene rings is 2. The van der Waals surface area contributed by atoms with Gasteiger partial charge < -0.3 is 19.0 Å². The fourth-order valence-electron chi connectivity index (χ4n) is 2.46. The molecule has 34 heavy (non-hydrogen) atoms. The van der Waals surface area contributed by atoms with Crippen LogP contribution < -0.4 is 14.2 Å². The summed E-state index contributed by atoms with van der Waals surface area (Å²) in [6, 6.07) is 10.8. The van der Waals surface area contributed by atoms with E-state index in [2.05, 4.69) is 37.0 Å². The number of hydrogen-bond acceptors (Lipinski definition) is 5. The fraction of sp³-hybridized carbons (Fsp3) is 0.261. The van der Waals surface area contributed by atoms with Crippen molar-refractivity contribution in [1.29, 1.82) is 0 Å². The molecule has 0 aliphatic rings. The lowest BCUT2D eigenvalue weighted by atomic mass is 10.1. The van der Waals surface area contributed by atoms with Gasteiger partial charge in [-0.3, -0.25) is 0 Å². The van der Waals surface area contributed by atoms with Crippen molar-refractivity contribution in [3.8, 4) is 17.2 Å². The molecule has 0 heterocycles. The normalized spacial score (nSPS) is 11.0. The van der Waals surface area contributed by atoms with E-state index >= 15 is 0 Å². The lowest BCUT2D eigenvalue weighted by Gasteiger charge is -2.12. The zero-order valence-electron chi connectivity index (χ0n) is 18.0. The molecule has 0 amide bonds. The Hall–Kier alpha value is -1.09. The molecule has 11 heteroatoms. The molecule has 0 spiro atoms. The molecular formula is C23H21Br2Cl4NO4. The fourth-order valence-corrected chi connectivity index (χ4v) is 3.43. The Labute approximate surface area is 235 Å². The average molecular weight is 677 g/mol. The lowest BCUT2D eigenvalue weighted by Crippen LogP contribution is -2.06. The van der Waals surface area contributed by atoms with E-state index in [0.717, 1.165) is 20.4 Å². The molecule has 184 valence electrons. The van der Waals surface area contributed by atoms with Gasteiger partial charge in [-0.1, -0.05) is 51.6 Å². The van der Waals surface area contributed by atoms with Gasteiger partial charge in [-0.05, 0) is 80.8 Å². The van der Waals surface area contributed by atoms with Gasteiger partial charge >= 0.3 is 0 Å². The maximum absolute atomic E-state index is 6.27. The summed E-state index contributed by atoms with van der Waals surface area (Å²) < 4.78 is 17.9. The highest BCUT2D eigenvalue weighted by atomic mass is 79.9. The Morgan fingerprint density at radius 2 is 1.53 bits per heavy atom. The average Bonchev–Trinajstić information content (AvgIpc) is 2.78. The standard InChI is InChI=1S/C23H21Br2Cl4NO4/c1-15(30-34-12-7-21(24)25)16-3-5-17(6-4-16)31-9-2-10-33-23-19(26)13-18(14-20(23)27)32-11-8-22(28)29/h3-8,13-14H,2,9-12H2,1H3. The van der Waals surface area contributed by atoms with Crippen LogP contribution >= 0.6 is 78.3 Å². The van der Waals surface area contributed by atoms with Crippen molar-refractivity contribution in [2.24, 2.45) is 5.16 Å². The molecule has 0 aromatic heterocycles. The van der Waals surface area contributed by atoms with Gasteiger partial charge in [0.05, 0.1) is 32.4 Å². The Morgan fingerprint density at radius 3 is 2.15 bits per heavy atom. The van der Waals surface area contributed by atoms with E-state index in [4.69, 9.17) is 65.5 Å². The maximum atomic E-state index is 6.27. The Balaban J connectivity index is 1.76. The Kier molecular flexibility index (Phi) is 13.6. The van der Waals surface area contributed by atoms with E-state index in [9.17, 15) is 0 Å². The molecule has 0 fully saturated rings. The van der Waals surface area contributed by atoms with Gasteiger partial charge in [0.25, 0.3) is 0 Å². The van der Waals surface area contributed by atoms with Gasteiger partial charge in [0, 0.05) is 18.6 Å². The third-order valence-electron chi connectivity index (χ3n) is 4.05. The van der Waals surface area contributed by atoms with Crippen LogP contribution in [-0.4, -0.2) is 32.1 Å². The first-order valence-electron chi connectivity index (χ1n) is 9.93. The molecule has 2 rings (SSSR count). The summed E-state index contributed by atoms with van der Waals surface area (Å²) in [6.45, 7) is 3.28. The van der Waals surface area contributed by atoms with Gasteiger partial charge in [0.15, 0.2) is 5.75 Å². The van der Waals surface area contributed by atoms with Gasteiger partial charge in [-0.15, -0.1) is 0 Å². The molecule has 5 nitrogen and oxygen atoms in total. The molecule has 2 aromatic rings. The third-order valence-corrected chi connectivity index (χ3v) is 5.57. The molecule has 0 saturated heterocycles. The second-order valence-electron chi connectivity index (χ2n) is 6.56. The van der Waals surface area contributed by atoms with Gasteiger partial charge in [0.1, 0.15) is 29.2 Å². The second kappa shape index (κ2) is 15.8. The van der Waals surface area contributed by atoms with Crippen molar-refractivity contribution in [2.75, 3.05) is 26.4 Å². The molecule has 0 atom stereocenters. The zero-order chi connectivity index (χ0) is 24.9. The first-order valence-corrected chi connectivity index (χ1v) is 13.0. The molecule has 0 aliphatic carbocycles. The smallest absolute Gasteiger partial charge is 0.156 e. The Bertz CT molecular complexity index is 999. The van der Waals surface area contributed by atoms with Crippen LogP contribution in [0.4, 0.5) is 0 Å². The van der Waals surface area contributed by atoms with Crippen molar-refractivity contribution in [2.45, 2.75) is 13.3 Å². The van der Waals surface area contributed by atoms with Crippen molar-refractivity contribution in [3.63, 3.8) is 0 Å². The molecule has 0 bridgehead atoms. The van der Waals surface area contributed by atoms with Crippen molar-refractivity contribution in [3.05, 3.63) is 72.0 Å². The summed E-state index contributed by atoms with van der Waals surface area (Å²) in [6.07, 6.45) is 3.95. The number of rotatable bonds is 13. The van der Waals surface area contributed by atoms with E-state index in [0.29, 0.717) is 47.8 Å². The summed E-state index contributed by atoms with van der Waals surface area (Å²) in [5.74, 6) is 1.62. The maximum Gasteiger partial charge on any atom is 0.156 e. The van der Waals surface area contributed by atoms with Crippen LogP contribution in [0.25, 0.3) is 0 Å². The van der Waals surface area contributed by atoms with Crippen LogP contribution in [0.1, 0.15) is 18.9 Å². The second-order valence-corrected chi connectivity index (χ2v) is 11.2. The highest BCUT2D eigenvalue weighted by Crippen LogP contribution is 2.37. The number of oxime groups is 1. The summed E-state index contributed by atoms with van der Waals surface area (Å²) in [4.78, 5) is 5.24. The lowest BCUT2D eigenvalue weighted by molar-refractivity contribution is 0.174. The molecule has 0 aliphatic heterocycles. The van der Waals surface area contributed by atoms with Crippen LogP contribution in [0.15, 0.2) is 61.6 Å². The molecular weight excluding hydrogens is 656 g/mol. The van der Waals surface area contributed by atoms with Crippen molar-refractivity contribution < 1.29 is 19.0 Å². The predicted octanol–water partition coefficient (Wildman–Crippen LogP) is 8.91. The highest BCUT2D eigenvalue weighted by Gasteiger charge is 2.11. The van der Waals surface area contributed by atoms with E-state index in [1.165, 1.54) is 6.08 Å². The molecule has 0 unspecified atom stereocenters. The number of halogens is 6. The molecule has 2 aromatic carbocycles. The van der Waals surface area contributed by atoms with Gasteiger partial charge in [-0.25, -0.2) is 0 Å². The first kappa shape index (κ1) is 29.1. The van der Waals surface area contributed by atoms with Gasteiger partial charge in [0.2, 0.25) is 0 Å². The summed E-state index contributed by atoms with van der Waals surface area (Å²) in [5, 5.41) is 4.77. The number of hydrogen-bond donors (Lipinski definition) is 0. The monoisotopic (exact) mass is 673 g/mol. The number of ether oxygens (including phenoxy) is 3. The topological polar surface area (TPSA) is 49.3 Å². The van der Waals surface area contributed by atoms with Crippen molar-refractivity contribution >= 4 is 84.0 Å². The molecule has 0 N–H and O–H groups in total. The van der Waals surface area contributed by atoms with Crippen molar-refractivity contribution in [1.82, 2.24) is 0 Å². The van der Waals surface area contributed by atoms with Gasteiger partial charge in [-0.2, -0.15) is 0 Å². The molecule has 0 radical (unpaired) electrons. The minimum atomic E-state index is 0.122. The predicted molar refractivity (Wildman–Crippen MR) is 148 cm³/mol. The first-order chi connectivity index (χ1) is 16.3.